The van der Waals surface area contributed by atoms with Crippen molar-refractivity contribution in [1.82, 2.24) is 5.32 Å². The van der Waals surface area contributed by atoms with E-state index in [1.165, 1.54) is 23.9 Å². The number of hydrogen-bond donors (Lipinski definition) is 1. The van der Waals surface area contributed by atoms with E-state index in [0.29, 0.717) is 11.5 Å². The van der Waals surface area contributed by atoms with Gasteiger partial charge in [0.05, 0.1) is 16.7 Å². The molecule has 0 heterocycles. The van der Waals surface area contributed by atoms with Gasteiger partial charge in [-0.3, -0.25) is 14.9 Å². The molecule has 0 aliphatic heterocycles. The smallest absolute Gasteiger partial charge is 0.269 e. The van der Waals surface area contributed by atoms with Crippen LogP contribution in [0, 0.1) is 10.1 Å². The van der Waals surface area contributed by atoms with Crippen LogP contribution in [0.25, 0.3) is 0 Å². The highest BCUT2D eigenvalue weighted by Gasteiger charge is 2.12. The number of benzene rings is 2. The second-order valence-corrected chi connectivity index (χ2v) is 6.34. The fraction of sp³-hybridized carbons (Fsp3) is 0.278. The van der Waals surface area contributed by atoms with Gasteiger partial charge in [-0.15, -0.1) is 11.8 Å². The number of hydrogen-bond acceptors (Lipinski definition) is 4. The number of carbonyl (C=O) groups excluding carboxylic acids is 1. The number of rotatable bonds is 8. The molecule has 126 valence electrons. The largest absolute Gasteiger partial charge is 0.349 e. The Morgan fingerprint density at radius 3 is 2.42 bits per heavy atom. The predicted molar refractivity (Wildman–Crippen MR) is 96.9 cm³/mol. The van der Waals surface area contributed by atoms with E-state index in [1.807, 2.05) is 37.3 Å². The maximum atomic E-state index is 12.1. The molecule has 2 rings (SSSR count). The number of nitrogens with one attached hydrogen (secondary N) is 1. The van der Waals surface area contributed by atoms with Crippen LogP contribution in [0.2, 0.25) is 0 Å². The lowest BCUT2D eigenvalue weighted by atomic mass is 10.0. The first kappa shape index (κ1) is 18.0. The predicted octanol–water partition coefficient (Wildman–Crippen LogP) is 4.10. The number of carbonyl (C=O) groups is 1. The van der Waals surface area contributed by atoms with Crippen LogP contribution < -0.4 is 5.32 Å². The molecule has 6 heteroatoms. The van der Waals surface area contributed by atoms with Crippen molar-refractivity contribution in [1.29, 1.82) is 0 Å². The summed E-state index contributed by atoms with van der Waals surface area (Å²) >= 11 is 1.49. The molecule has 24 heavy (non-hydrogen) atoms. The Kier molecular flexibility index (Phi) is 6.81. The average molecular weight is 344 g/mol. The van der Waals surface area contributed by atoms with E-state index in [2.05, 4.69) is 5.32 Å². The zero-order valence-corrected chi connectivity index (χ0v) is 14.3. The molecule has 0 fully saturated rings. The van der Waals surface area contributed by atoms with Crippen molar-refractivity contribution in [3.63, 3.8) is 0 Å². The summed E-state index contributed by atoms with van der Waals surface area (Å²) < 4.78 is 0. The zero-order valence-electron chi connectivity index (χ0n) is 13.5. The Hall–Kier alpha value is -2.34. The summed E-state index contributed by atoms with van der Waals surface area (Å²) in [5.74, 6) is 1.01. The van der Waals surface area contributed by atoms with Crippen molar-refractivity contribution in [3.8, 4) is 0 Å². The first-order valence-electron chi connectivity index (χ1n) is 7.75. The van der Waals surface area contributed by atoms with Gasteiger partial charge in [-0.05, 0) is 17.5 Å². The van der Waals surface area contributed by atoms with E-state index in [4.69, 9.17) is 0 Å². The molecule has 1 amide bonds. The van der Waals surface area contributed by atoms with E-state index in [9.17, 15) is 14.9 Å². The van der Waals surface area contributed by atoms with Crippen LogP contribution in [0.1, 0.15) is 30.5 Å². The van der Waals surface area contributed by atoms with Crippen LogP contribution >= 0.6 is 11.8 Å². The summed E-state index contributed by atoms with van der Waals surface area (Å²) in [6.07, 6.45) is 0.836. The number of non-ortho nitro benzene ring substituents is 1. The zero-order chi connectivity index (χ0) is 17.4. The minimum atomic E-state index is -0.418. The highest BCUT2D eigenvalue weighted by molar-refractivity contribution is 7.99. The first-order valence-corrected chi connectivity index (χ1v) is 8.91. The third-order valence-corrected chi connectivity index (χ3v) is 4.60. The third-order valence-electron chi connectivity index (χ3n) is 3.59. The molecule has 0 radical (unpaired) electrons. The molecule has 2 aromatic rings. The van der Waals surface area contributed by atoms with E-state index in [1.54, 1.807) is 12.1 Å². The van der Waals surface area contributed by atoms with Gasteiger partial charge < -0.3 is 5.32 Å². The molecule has 2 aromatic carbocycles. The summed E-state index contributed by atoms with van der Waals surface area (Å²) in [6, 6.07) is 16.4. The quantitative estimate of drug-likeness (QED) is 0.578. The van der Waals surface area contributed by atoms with Gasteiger partial charge in [0.1, 0.15) is 0 Å². The Labute approximate surface area is 145 Å². The molecule has 1 N–H and O–H groups in total. The molecular weight excluding hydrogens is 324 g/mol. The van der Waals surface area contributed by atoms with E-state index in [-0.39, 0.29) is 17.6 Å². The van der Waals surface area contributed by atoms with Crippen LogP contribution in [0.4, 0.5) is 5.69 Å². The highest BCUT2D eigenvalue weighted by Crippen LogP contribution is 2.18. The molecular formula is C18H20N2O3S. The van der Waals surface area contributed by atoms with Gasteiger partial charge in [-0.25, -0.2) is 0 Å². The van der Waals surface area contributed by atoms with Gasteiger partial charge in [-0.1, -0.05) is 49.4 Å². The molecule has 0 bridgehead atoms. The summed E-state index contributed by atoms with van der Waals surface area (Å²) in [5.41, 5.74) is 2.15. The van der Waals surface area contributed by atoms with E-state index < -0.39 is 4.92 Å². The number of nitro benzene ring substituents is 1. The molecule has 0 unspecified atom stereocenters. The van der Waals surface area contributed by atoms with Crippen molar-refractivity contribution in [2.24, 2.45) is 0 Å². The Balaban J connectivity index is 1.79. The molecule has 0 saturated heterocycles. The lowest BCUT2D eigenvalue weighted by molar-refractivity contribution is -0.384. The number of amides is 1. The lowest BCUT2D eigenvalue weighted by Crippen LogP contribution is -2.29. The van der Waals surface area contributed by atoms with Crippen molar-refractivity contribution in [2.75, 3.05) is 5.75 Å². The topological polar surface area (TPSA) is 72.2 Å². The Morgan fingerprint density at radius 2 is 1.83 bits per heavy atom. The van der Waals surface area contributed by atoms with Crippen LogP contribution in [0.3, 0.4) is 0 Å². The molecule has 5 nitrogen and oxygen atoms in total. The van der Waals surface area contributed by atoms with Gasteiger partial charge in [0.2, 0.25) is 5.91 Å². The molecule has 0 saturated carbocycles. The van der Waals surface area contributed by atoms with Gasteiger partial charge >= 0.3 is 0 Å². The lowest BCUT2D eigenvalue weighted by Gasteiger charge is -2.17. The maximum Gasteiger partial charge on any atom is 0.269 e. The van der Waals surface area contributed by atoms with Crippen LogP contribution in [-0.4, -0.2) is 16.6 Å². The van der Waals surface area contributed by atoms with Gasteiger partial charge in [0, 0.05) is 17.9 Å². The number of thioether (sulfide) groups is 1. The van der Waals surface area contributed by atoms with Gasteiger partial charge in [0.15, 0.2) is 0 Å². The monoisotopic (exact) mass is 344 g/mol. The van der Waals surface area contributed by atoms with Crippen molar-refractivity contribution in [2.45, 2.75) is 25.1 Å². The molecule has 0 aromatic heterocycles. The standard InChI is InChI=1S/C18H20N2O3S/c1-2-17(15-6-4-3-5-7-15)19-18(21)13-24-12-14-8-10-16(11-9-14)20(22)23/h3-11,17H,2,12-13H2,1H3,(H,19,21)/t17-/m0/s1. The molecule has 0 spiro atoms. The van der Waals surface area contributed by atoms with Crippen LogP contribution in [0.5, 0.6) is 0 Å². The summed E-state index contributed by atoms with van der Waals surface area (Å²) in [7, 11) is 0. The normalized spacial score (nSPS) is 11.7. The Bertz CT molecular complexity index is 674. The summed E-state index contributed by atoms with van der Waals surface area (Å²) in [4.78, 5) is 22.3. The Morgan fingerprint density at radius 1 is 1.17 bits per heavy atom. The molecule has 0 aliphatic carbocycles. The van der Waals surface area contributed by atoms with Crippen molar-refractivity contribution < 1.29 is 9.72 Å². The van der Waals surface area contributed by atoms with Crippen LogP contribution in [-0.2, 0) is 10.5 Å². The second-order valence-electron chi connectivity index (χ2n) is 5.36. The van der Waals surface area contributed by atoms with E-state index >= 15 is 0 Å². The van der Waals surface area contributed by atoms with Crippen LogP contribution in [0.15, 0.2) is 54.6 Å². The minimum absolute atomic E-state index is 0.00221. The SMILES string of the molecule is CC[C@H](NC(=O)CSCc1ccc([N+](=O)[O-])cc1)c1ccccc1. The van der Waals surface area contributed by atoms with Gasteiger partial charge in [0.25, 0.3) is 5.69 Å². The summed E-state index contributed by atoms with van der Waals surface area (Å²) in [6.45, 7) is 2.04. The minimum Gasteiger partial charge on any atom is -0.349 e. The number of nitrogens with zero attached hydrogens (tertiary/aromatic N) is 1. The fourth-order valence-corrected chi connectivity index (χ4v) is 3.12. The van der Waals surface area contributed by atoms with Gasteiger partial charge in [-0.2, -0.15) is 0 Å². The van der Waals surface area contributed by atoms with E-state index in [0.717, 1.165) is 17.5 Å². The van der Waals surface area contributed by atoms with Crippen molar-refractivity contribution >= 4 is 23.4 Å². The summed E-state index contributed by atoms with van der Waals surface area (Å²) in [5, 5.41) is 13.7. The molecule has 1 atom stereocenters. The fourth-order valence-electron chi connectivity index (χ4n) is 2.32. The van der Waals surface area contributed by atoms with Crippen molar-refractivity contribution in [3.05, 3.63) is 75.8 Å². The molecule has 0 aliphatic rings. The number of nitro groups is 1. The maximum absolute atomic E-state index is 12.1. The third kappa shape index (κ3) is 5.38. The highest BCUT2D eigenvalue weighted by atomic mass is 32.2. The second kappa shape index (κ2) is 9.08. The first-order chi connectivity index (χ1) is 11.6. The average Bonchev–Trinajstić information content (AvgIpc) is 2.61.